The summed E-state index contributed by atoms with van der Waals surface area (Å²) in [7, 11) is 0. The highest BCUT2D eigenvalue weighted by Gasteiger charge is 2.37. The first-order valence-corrected chi connectivity index (χ1v) is 18.2. The third kappa shape index (κ3) is 4.25. The first-order valence-electron chi connectivity index (χ1n) is 18.2. The van der Waals surface area contributed by atoms with E-state index in [-0.39, 0.29) is 10.8 Å². The molecule has 9 aromatic carbocycles. The molecule has 1 aliphatic carbocycles. The Morgan fingerprint density at radius 3 is 1.57 bits per heavy atom. The van der Waals surface area contributed by atoms with Crippen LogP contribution >= 0.6 is 0 Å². The Morgan fingerprint density at radius 2 is 0.943 bits per heavy atom. The van der Waals surface area contributed by atoms with Crippen LogP contribution in [0.15, 0.2) is 173 Å². The second kappa shape index (κ2) is 10.9. The first kappa shape index (κ1) is 30.0. The maximum Gasteiger partial charge on any atom is 0.200 e. The van der Waals surface area contributed by atoms with Crippen molar-refractivity contribution in [2.75, 3.05) is 4.90 Å². The lowest BCUT2D eigenvalue weighted by atomic mass is 9.82. The van der Waals surface area contributed by atoms with E-state index in [0.29, 0.717) is 21.9 Å². The molecule has 0 atom stereocenters. The van der Waals surface area contributed by atoms with Crippen molar-refractivity contribution in [3.63, 3.8) is 0 Å². The fourth-order valence-electron chi connectivity index (χ4n) is 9.00. The van der Waals surface area contributed by atoms with Crippen molar-refractivity contribution >= 4 is 82.1 Å². The van der Waals surface area contributed by atoms with Gasteiger partial charge >= 0.3 is 0 Å². The Balaban J connectivity index is 1.21. The summed E-state index contributed by atoms with van der Waals surface area (Å²) in [5, 5.41) is 10.9. The number of fused-ring (bicyclic) bond motifs is 11. The van der Waals surface area contributed by atoms with Crippen molar-refractivity contribution in [1.82, 2.24) is 0 Å². The van der Waals surface area contributed by atoms with Gasteiger partial charge in [-0.1, -0.05) is 129 Å². The molecule has 53 heavy (non-hydrogen) atoms. The summed E-state index contributed by atoms with van der Waals surface area (Å²) < 4.78 is 6.36. The van der Waals surface area contributed by atoms with Crippen molar-refractivity contribution in [2.24, 2.45) is 0 Å². The maximum atomic E-state index is 13.8. The number of hydrogen-bond acceptors (Lipinski definition) is 3. The van der Waals surface area contributed by atoms with Crippen LogP contribution in [-0.2, 0) is 5.41 Å². The Morgan fingerprint density at radius 1 is 0.434 bits per heavy atom. The number of benzene rings is 9. The van der Waals surface area contributed by atoms with E-state index >= 15 is 0 Å². The fourth-order valence-corrected chi connectivity index (χ4v) is 9.00. The maximum absolute atomic E-state index is 13.8. The van der Waals surface area contributed by atoms with Crippen LogP contribution in [0.3, 0.4) is 0 Å². The number of hydrogen-bond donors (Lipinski definition) is 0. The molecule has 10 aromatic rings. The van der Waals surface area contributed by atoms with Crippen molar-refractivity contribution < 1.29 is 4.42 Å². The van der Waals surface area contributed by atoms with E-state index in [1.807, 2.05) is 24.3 Å². The zero-order valence-electron chi connectivity index (χ0n) is 29.4. The van der Waals surface area contributed by atoms with Gasteiger partial charge in [0.25, 0.3) is 0 Å². The second-order valence-electron chi connectivity index (χ2n) is 14.8. The van der Waals surface area contributed by atoms with Crippen LogP contribution in [0, 0.1) is 0 Å². The predicted molar refractivity (Wildman–Crippen MR) is 222 cm³/mol. The van der Waals surface area contributed by atoms with Crippen molar-refractivity contribution in [3.05, 3.63) is 185 Å². The summed E-state index contributed by atoms with van der Waals surface area (Å²) in [4.78, 5) is 16.2. The van der Waals surface area contributed by atoms with Crippen LogP contribution in [0.4, 0.5) is 17.1 Å². The zero-order valence-corrected chi connectivity index (χ0v) is 29.4. The molecule has 0 amide bonds. The van der Waals surface area contributed by atoms with Crippen LogP contribution < -0.4 is 10.3 Å². The van der Waals surface area contributed by atoms with E-state index in [1.165, 1.54) is 48.7 Å². The topological polar surface area (TPSA) is 33.5 Å². The SMILES string of the molecule is CC1(C)c2cc(N(c3cc4ccccc4c4ccccc34)c3cc4ccccc4c4ccccc34)ccc2-c2cc3oc4ccccc4c(=O)c3cc21. The lowest BCUT2D eigenvalue weighted by Gasteiger charge is -2.31. The molecule has 11 rings (SSSR count). The predicted octanol–water partition coefficient (Wildman–Crippen LogP) is 13.3. The molecule has 0 radical (unpaired) electrons. The van der Waals surface area contributed by atoms with Gasteiger partial charge < -0.3 is 9.32 Å². The highest BCUT2D eigenvalue weighted by Crippen LogP contribution is 2.53. The minimum absolute atomic E-state index is 0.00892. The summed E-state index contributed by atoms with van der Waals surface area (Å²) in [5.41, 5.74) is 8.83. The lowest BCUT2D eigenvalue weighted by Crippen LogP contribution is -2.17. The fraction of sp³-hybridized carbons (Fsp3) is 0.0600. The first-order chi connectivity index (χ1) is 26.0. The van der Waals surface area contributed by atoms with Gasteiger partial charge in [0.2, 0.25) is 5.43 Å². The molecular weight excluding hydrogens is 647 g/mol. The minimum Gasteiger partial charge on any atom is -0.456 e. The Labute approximate surface area is 306 Å². The van der Waals surface area contributed by atoms with Gasteiger partial charge in [0.05, 0.1) is 22.1 Å². The van der Waals surface area contributed by atoms with Crippen molar-refractivity contribution in [2.45, 2.75) is 19.3 Å². The number of para-hydroxylation sites is 1. The standard InChI is InChI=1S/C50H33NO2/c1-50(2)43-27-32(23-24-37(43)41-29-48-42(28-44(41)50)49(52)40-21-11-12-22-47(40)53-48)51(45-25-30-13-3-5-15-33(30)35-17-7-9-19-38(35)45)46-26-31-14-4-6-16-34(31)36-18-8-10-20-39(36)46/h3-29H,1-2H3. The van der Waals surface area contributed by atoms with Gasteiger partial charge in [-0.2, -0.15) is 0 Å². The molecule has 0 bridgehead atoms. The Kier molecular flexibility index (Phi) is 6.16. The molecule has 1 aliphatic rings. The van der Waals surface area contributed by atoms with Crippen LogP contribution in [0.25, 0.3) is 76.2 Å². The molecule has 0 spiro atoms. The van der Waals surface area contributed by atoms with E-state index in [1.54, 1.807) is 0 Å². The van der Waals surface area contributed by atoms with Gasteiger partial charge in [0.15, 0.2) is 0 Å². The Hall–Kier alpha value is -6.71. The third-order valence-electron chi connectivity index (χ3n) is 11.6. The number of nitrogens with zero attached hydrogens (tertiary/aromatic N) is 1. The molecule has 0 unspecified atom stereocenters. The molecule has 3 nitrogen and oxygen atoms in total. The average Bonchev–Trinajstić information content (AvgIpc) is 3.42. The van der Waals surface area contributed by atoms with Gasteiger partial charge in [-0.3, -0.25) is 4.79 Å². The quantitative estimate of drug-likeness (QED) is 0.138. The highest BCUT2D eigenvalue weighted by atomic mass is 16.3. The van der Waals surface area contributed by atoms with Gasteiger partial charge in [-0.15, -0.1) is 0 Å². The van der Waals surface area contributed by atoms with Crippen LogP contribution in [0.2, 0.25) is 0 Å². The van der Waals surface area contributed by atoms with Gasteiger partial charge in [0.1, 0.15) is 11.2 Å². The van der Waals surface area contributed by atoms with E-state index in [2.05, 4.69) is 158 Å². The molecule has 0 aliphatic heterocycles. The smallest absolute Gasteiger partial charge is 0.200 e. The highest BCUT2D eigenvalue weighted by molar-refractivity contribution is 6.18. The molecule has 1 aromatic heterocycles. The largest absolute Gasteiger partial charge is 0.456 e. The molecule has 0 N–H and O–H groups in total. The molecule has 3 heteroatoms. The lowest BCUT2D eigenvalue weighted by molar-refractivity contribution is 0.652. The van der Waals surface area contributed by atoms with Crippen LogP contribution in [0.5, 0.6) is 0 Å². The molecule has 0 fully saturated rings. The normalized spacial score (nSPS) is 13.3. The Bertz CT molecular complexity index is 3120. The van der Waals surface area contributed by atoms with E-state index in [0.717, 1.165) is 33.8 Å². The van der Waals surface area contributed by atoms with Gasteiger partial charge in [-0.25, -0.2) is 0 Å². The average molecular weight is 680 g/mol. The number of rotatable bonds is 3. The summed E-state index contributed by atoms with van der Waals surface area (Å²) in [6.07, 6.45) is 0. The van der Waals surface area contributed by atoms with Crippen LogP contribution in [0.1, 0.15) is 25.0 Å². The zero-order chi connectivity index (χ0) is 35.4. The molecule has 0 saturated carbocycles. The molecular formula is C50H33NO2. The van der Waals surface area contributed by atoms with Gasteiger partial charge in [-0.05, 0) is 103 Å². The summed E-state index contributed by atoms with van der Waals surface area (Å²) in [6, 6.07) is 58.2. The summed E-state index contributed by atoms with van der Waals surface area (Å²) >= 11 is 0. The minimum atomic E-state index is -0.366. The number of anilines is 3. The van der Waals surface area contributed by atoms with E-state index in [9.17, 15) is 4.79 Å². The van der Waals surface area contributed by atoms with Crippen LogP contribution in [-0.4, -0.2) is 0 Å². The third-order valence-corrected chi connectivity index (χ3v) is 11.6. The molecule has 0 saturated heterocycles. The molecule has 1 heterocycles. The monoisotopic (exact) mass is 679 g/mol. The van der Waals surface area contributed by atoms with E-state index < -0.39 is 0 Å². The second-order valence-corrected chi connectivity index (χ2v) is 14.8. The van der Waals surface area contributed by atoms with E-state index in [4.69, 9.17) is 4.42 Å². The summed E-state index contributed by atoms with van der Waals surface area (Å²) in [5.74, 6) is 0. The summed E-state index contributed by atoms with van der Waals surface area (Å²) in [6.45, 7) is 4.55. The molecule has 250 valence electrons. The van der Waals surface area contributed by atoms with Gasteiger partial charge in [0, 0.05) is 21.9 Å². The van der Waals surface area contributed by atoms with Crippen molar-refractivity contribution in [1.29, 1.82) is 0 Å². The van der Waals surface area contributed by atoms with Crippen molar-refractivity contribution in [3.8, 4) is 11.1 Å².